The average Bonchev–Trinajstić information content (AvgIpc) is 3.26. The van der Waals surface area contributed by atoms with Gasteiger partial charge < -0.3 is 4.90 Å². The zero-order valence-corrected chi connectivity index (χ0v) is 13.8. The van der Waals surface area contributed by atoms with Crippen molar-refractivity contribution >= 4 is 16.9 Å². The van der Waals surface area contributed by atoms with Crippen LogP contribution in [-0.4, -0.2) is 72.1 Å². The molecule has 0 unspecified atom stereocenters. The summed E-state index contributed by atoms with van der Waals surface area (Å²) in [6, 6.07) is 0. The lowest BCUT2D eigenvalue weighted by Crippen LogP contribution is -2.47. The second-order valence-corrected chi connectivity index (χ2v) is 6.04. The first-order valence-corrected chi connectivity index (χ1v) is 8.24. The van der Waals surface area contributed by atoms with Crippen LogP contribution in [0.15, 0.2) is 25.2 Å². The predicted molar refractivity (Wildman–Crippen MR) is 89.6 cm³/mol. The lowest BCUT2D eigenvalue weighted by molar-refractivity contribution is 0.248. The Morgan fingerprint density at radius 3 is 2.67 bits per heavy atom. The van der Waals surface area contributed by atoms with Crippen LogP contribution in [0.5, 0.6) is 0 Å². The molecule has 1 aliphatic rings. The highest BCUT2D eigenvalue weighted by Gasteiger charge is 2.20. The van der Waals surface area contributed by atoms with E-state index in [0.717, 1.165) is 62.5 Å². The van der Waals surface area contributed by atoms with Gasteiger partial charge in [-0.3, -0.25) is 14.3 Å². The molecule has 9 heteroatoms. The fourth-order valence-electron chi connectivity index (χ4n) is 3.19. The average molecular weight is 327 g/mol. The third kappa shape index (κ3) is 2.94. The fourth-order valence-corrected chi connectivity index (χ4v) is 3.19. The number of nitrogens with zero attached hydrogens (tertiary/aromatic N) is 9. The van der Waals surface area contributed by atoms with Crippen molar-refractivity contribution in [2.24, 2.45) is 7.05 Å². The molecule has 3 aromatic heterocycles. The molecule has 126 valence electrons. The van der Waals surface area contributed by atoms with Crippen molar-refractivity contribution in [1.29, 1.82) is 0 Å². The first kappa shape index (κ1) is 15.0. The van der Waals surface area contributed by atoms with Crippen LogP contribution in [-0.2, 0) is 13.6 Å². The van der Waals surface area contributed by atoms with Crippen LogP contribution in [0.4, 0.5) is 5.82 Å². The molecule has 0 aliphatic carbocycles. The molecular formula is C15H21N9. The van der Waals surface area contributed by atoms with Crippen LogP contribution >= 0.6 is 0 Å². The maximum atomic E-state index is 4.49. The Morgan fingerprint density at radius 1 is 1.00 bits per heavy atom. The number of hydrogen-bond acceptors (Lipinski definition) is 7. The van der Waals surface area contributed by atoms with Crippen molar-refractivity contribution in [3.8, 4) is 0 Å². The van der Waals surface area contributed by atoms with Crippen molar-refractivity contribution < 1.29 is 0 Å². The molecule has 0 N–H and O–H groups in total. The van der Waals surface area contributed by atoms with Crippen molar-refractivity contribution in [1.82, 2.24) is 39.4 Å². The number of hydrogen-bond donors (Lipinski definition) is 0. The van der Waals surface area contributed by atoms with E-state index in [1.54, 1.807) is 23.7 Å². The summed E-state index contributed by atoms with van der Waals surface area (Å²) in [5.74, 6) is 0.996. The summed E-state index contributed by atoms with van der Waals surface area (Å²) in [4.78, 5) is 17.6. The monoisotopic (exact) mass is 327 g/mol. The summed E-state index contributed by atoms with van der Waals surface area (Å²) in [5.41, 5.74) is 0.885. The molecule has 24 heavy (non-hydrogen) atoms. The summed E-state index contributed by atoms with van der Waals surface area (Å²) >= 11 is 0. The maximum absolute atomic E-state index is 4.49. The van der Waals surface area contributed by atoms with Gasteiger partial charge in [-0.05, 0) is 6.42 Å². The summed E-state index contributed by atoms with van der Waals surface area (Å²) < 4.78 is 3.68. The molecule has 0 saturated carbocycles. The SMILES string of the molecule is Cn1ncc2c(N3CCN(CCCn4cncn4)CC3)ncnc21. The minimum Gasteiger partial charge on any atom is -0.353 e. The quantitative estimate of drug-likeness (QED) is 0.660. The second kappa shape index (κ2) is 6.52. The van der Waals surface area contributed by atoms with E-state index in [2.05, 4.69) is 34.9 Å². The van der Waals surface area contributed by atoms with Gasteiger partial charge in [0.2, 0.25) is 0 Å². The Morgan fingerprint density at radius 2 is 1.88 bits per heavy atom. The molecule has 4 heterocycles. The molecule has 1 fully saturated rings. The summed E-state index contributed by atoms with van der Waals surface area (Å²) in [5, 5.41) is 9.46. The van der Waals surface area contributed by atoms with E-state index in [-0.39, 0.29) is 0 Å². The van der Waals surface area contributed by atoms with Gasteiger partial charge in [-0.25, -0.2) is 15.0 Å². The van der Waals surface area contributed by atoms with Crippen molar-refractivity contribution in [2.75, 3.05) is 37.6 Å². The zero-order chi connectivity index (χ0) is 16.4. The van der Waals surface area contributed by atoms with Gasteiger partial charge in [-0.1, -0.05) is 0 Å². The summed E-state index contributed by atoms with van der Waals surface area (Å²) in [7, 11) is 1.91. The van der Waals surface area contributed by atoms with Crippen LogP contribution in [0, 0.1) is 0 Å². The van der Waals surface area contributed by atoms with E-state index in [9.17, 15) is 0 Å². The van der Waals surface area contributed by atoms with Crippen LogP contribution in [0.2, 0.25) is 0 Å². The first-order valence-electron chi connectivity index (χ1n) is 8.24. The molecule has 1 saturated heterocycles. The van der Waals surface area contributed by atoms with E-state index in [0.29, 0.717) is 0 Å². The Labute approximate surface area is 139 Å². The highest BCUT2D eigenvalue weighted by molar-refractivity contribution is 5.86. The highest BCUT2D eigenvalue weighted by atomic mass is 15.3. The molecule has 3 aromatic rings. The predicted octanol–water partition coefficient (Wildman–Crippen LogP) is 0.167. The lowest BCUT2D eigenvalue weighted by atomic mass is 10.2. The molecule has 0 atom stereocenters. The topological polar surface area (TPSA) is 80.8 Å². The van der Waals surface area contributed by atoms with Crippen molar-refractivity contribution in [2.45, 2.75) is 13.0 Å². The second-order valence-electron chi connectivity index (χ2n) is 6.04. The van der Waals surface area contributed by atoms with Gasteiger partial charge in [0.15, 0.2) is 5.65 Å². The lowest BCUT2D eigenvalue weighted by Gasteiger charge is -2.35. The molecule has 0 radical (unpaired) electrons. The van der Waals surface area contributed by atoms with E-state index < -0.39 is 0 Å². The number of anilines is 1. The maximum Gasteiger partial charge on any atom is 0.163 e. The van der Waals surface area contributed by atoms with Gasteiger partial charge in [-0.2, -0.15) is 10.2 Å². The molecule has 0 bridgehead atoms. The zero-order valence-electron chi connectivity index (χ0n) is 13.8. The van der Waals surface area contributed by atoms with E-state index in [1.165, 1.54) is 0 Å². The van der Waals surface area contributed by atoms with Crippen LogP contribution in [0.25, 0.3) is 11.0 Å². The van der Waals surface area contributed by atoms with Gasteiger partial charge in [0.1, 0.15) is 24.8 Å². The van der Waals surface area contributed by atoms with Gasteiger partial charge in [0.05, 0.1) is 11.6 Å². The molecule has 9 nitrogen and oxygen atoms in total. The minimum atomic E-state index is 0.885. The van der Waals surface area contributed by atoms with Crippen molar-refractivity contribution in [3.63, 3.8) is 0 Å². The Balaban J connectivity index is 1.34. The van der Waals surface area contributed by atoms with Gasteiger partial charge in [-0.15, -0.1) is 0 Å². The minimum absolute atomic E-state index is 0.885. The number of aryl methyl sites for hydroxylation is 2. The largest absolute Gasteiger partial charge is 0.353 e. The number of aromatic nitrogens is 7. The molecule has 0 amide bonds. The molecule has 4 rings (SSSR count). The van der Waals surface area contributed by atoms with Crippen LogP contribution in [0.1, 0.15) is 6.42 Å². The Bertz CT molecular complexity index is 786. The van der Waals surface area contributed by atoms with Gasteiger partial charge in [0, 0.05) is 46.3 Å². The number of piperazine rings is 1. The van der Waals surface area contributed by atoms with E-state index in [4.69, 9.17) is 0 Å². The number of rotatable bonds is 5. The Kier molecular flexibility index (Phi) is 4.08. The summed E-state index contributed by atoms with van der Waals surface area (Å²) in [6.45, 7) is 6.04. The smallest absolute Gasteiger partial charge is 0.163 e. The third-order valence-corrected chi connectivity index (χ3v) is 4.51. The first-order chi connectivity index (χ1) is 11.8. The molecular weight excluding hydrogens is 306 g/mol. The highest BCUT2D eigenvalue weighted by Crippen LogP contribution is 2.23. The molecule has 0 spiro atoms. The van der Waals surface area contributed by atoms with E-state index >= 15 is 0 Å². The van der Waals surface area contributed by atoms with Crippen LogP contribution < -0.4 is 4.90 Å². The van der Waals surface area contributed by atoms with Gasteiger partial charge >= 0.3 is 0 Å². The summed E-state index contributed by atoms with van der Waals surface area (Å²) in [6.07, 6.45) is 7.93. The molecule has 0 aromatic carbocycles. The standard InChI is InChI=1S/C15H21N9/c1-21-14-13(9-19-21)15(18-11-17-14)23-7-5-22(6-8-23)3-2-4-24-12-16-10-20-24/h9-12H,2-8H2,1H3. The normalized spacial score (nSPS) is 16.1. The van der Waals surface area contributed by atoms with Crippen LogP contribution in [0.3, 0.4) is 0 Å². The fraction of sp³-hybridized carbons (Fsp3) is 0.533. The third-order valence-electron chi connectivity index (χ3n) is 4.51. The van der Waals surface area contributed by atoms with Gasteiger partial charge in [0.25, 0.3) is 0 Å². The Hall–Kier alpha value is -2.55. The van der Waals surface area contributed by atoms with E-state index in [1.807, 2.05) is 17.9 Å². The number of fused-ring (bicyclic) bond motifs is 1. The van der Waals surface area contributed by atoms with Crippen molar-refractivity contribution in [3.05, 3.63) is 25.2 Å². The molecule has 1 aliphatic heterocycles.